The molecule has 1 aliphatic heterocycles. The van der Waals surface area contributed by atoms with E-state index in [1.54, 1.807) is 26.2 Å². The molecule has 6 nitrogen and oxygen atoms in total. The van der Waals surface area contributed by atoms with E-state index in [0.29, 0.717) is 43.8 Å². The molecule has 0 aliphatic carbocycles. The van der Waals surface area contributed by atoms with Crippen molar-refractivity contribution in [2.45, 2.75) is 37.5 Å². The normalized spacial score (nSPS) is 16.1. The maximum Gasteiger partial charge on any atom is 0.251 e. The molecule has 1 aliphatic rings. The van der Waals surface area contributed by atoms with Crippen LogP contribution >= 0.6 is 0 Å². The van der Waals surface area contributed by atoms with E-state index >= 15 is 0 Å². The molecule has 0 radical (unpaired) electrons. The van der Waals surface area contributed by atoms with Crippen LogP contribution in [0.4, 0.5) is 0 Å². The minimum atomic E-state index is -3.54. The Morgan fingerprint density at radius 3 is 2.62 bits per heavy atom. The molecule has 1 N–H and O–H groups in total. The van der Waals surface area contributed by atoms with Gasteiger partial charge in [0.25, 0.3) is 5.91 Å². The number of hydrogen-bond acceptors (Lipinski definition) is 4. The van der Waals surface area contributed by atoms with Crippen molar-refractivity contribution in [2.24, 2.45) is 0 Å². The van der Waals surface area contributed by atoms with Crippen molar-refractivity contribution < 1.29 is 17.9 Å². The quantitative estimate of drug-likeness (QED) is 0.759. The number of nitrogens with zero attached hydrogens (tertiary/aromatic N) is 1. The summed E-state index contributed by atoms with van der Waals surface area (Å²) in [7, 11) is -1.93. The molecule has 1 aromatic carbocycles. The van der Waals surface area contributed by atoms with Gasteiger partial charge in [-0.15, -0.1) is 0 Å². The number of nitrogens with one attached hydrogen (secondary N) is 1. The van der Waals surface area contributed by atoms with Gasteiger partial charge in [-0.2, -0.15) is 4.31 Å². The van der Waals surface area contributed by atoms with Gasteiger partial charge in [-0.05, 0) is 43.9 Å². The van der Waals surface area contributed by atoms with E-state index in [1.165, 1.54) is 10.4 Å². The van der Waals surface area contributed by atoms with Crippen LogP contribution in [0, 0.1) is 6.92 Å². The molecule has 1 amide bonds. The van der Waals surface area contributed by atoms with Crippen LogP contribution < -0.4 is 5.32 Å². The summed E-state index contributed by atoms with van der Waals surface area (Å²) in [5, 5.41) is 2.78. The smallest absolute Gasteiger partial charge is 0.251 e. The molecule has 0 saturated carbocycles. The Bertz CT molecular complexity index is 667. The summed E-state index contributed by atoms with van der Waals surface area (Å²) in [5.41, 5.74) is 1.03. The first-order valence-corrected chi connectivity index (χ1v) is 9.79. The maximum absolute atomic E-state index is 12.9. The lowest BCUT2D eigenvalue weighted by molar-refractivity contribution is 0.0948. The van der Waals surface area contributed by atoms with Crippen LogP contribution in [-0.4, -0.2) is 52.0 Å². The van der Waals surface area contributed by atoms with Gasteiger partial charge in [-0.1, -0.05) is 12.5 Å². The number of hydrogen-bond donors (Lipinski definition) is 1. The van der Waals surface area contributed by atoms with Gasteiger partial charge in [-0.3, -0.25) is 4.79 Å². The van der Waals surface area contributed by atoms with Gasteiger partial charge in [0.15, 0.2) is 0 Å². The Morgan fingerprint density at radius 1 is 1.25 bits per heavy atom. The Hall–Kier alpha value is -1.44. The van der Waals surface area contributed by atoms with Crippen LogP contribution in [0.5, 0.6) is 0 Å². The molecule has 1 saturated heterocycles. The third-order valence-electron chi connectivity index (χ3n) is 4.19. The summed E-state index contributed by atoms with van der Waals surface area (Å²) in [6, 6.07) is 4.85. The Morgan fingerprint density at radius 2 is 1.96 bits per heavy atom. The van der Waals surface area contributed by atoms with Crippen molar-refractivity contribution >= 4 is 15.9 Å². The summed E-state index contributed by atoms with van der Waals surface area (Å²) in [6.45, 7) is 3.93. The number of rotatable bonds is 7. The summed E-state index contributed by atoms with van der Waals surface area (Å²) in [4.78, 5) is 12.4. The maximum atomic E-state index is 12.9. The van der Waals surface area contributed by atoms with E-state index in [0.717, 1.165) is 19.3 Å². The first-order valence-electron chi connectivity index (χ1n) is 8.35. The molecular formula is C17H26N2O4S. The average molecular weight is 354 g/mol. The van der Waals surface area contributed by atoms with Crippen molar-refractivity contribution in [3.05, 3.63) is 29.3 Å². The predicted octanol–water partition coefficient (Wildman–Crippen LogP) is 1.94. The number of benzene rings is 1. The third kappa shape index (κ3) is 4.55. The molecule has 0 unspecified atom stereocenters. The zero-order valence-electron chi connectivity index (χ0n) is 14.4. The third-order valence-corrected chi connectivity index (χ3v) is 6.23. The highest BCUT2D eigenvalue weighted by Gasteiger charge is 2.28. The van der Waals surface area contributed by atoms with E-state index in [2.05, 4.69) is 5.32 Å². The van der Waals surface area contributed by atoms with Gasteiger partial charge in [0.1, 0.15) is 0 Å². The average Bonchev–Trinajstić information content (AvgIpc) is 2.59. The highest BCUT2D eigenvalue weighted by Crippen LogP contribution is 2.24. The zero-order valence-corrected chi connectivity index (χ0v) is 15.2. The van der Waals surface area contributed by atoms with E-state index in [-0.39, 0.29) is 10.8 Å². The van der Waals surface area contributed by atoms with Crippen molar-refractivity contribution in [3.8, 4) is 0 Å². The molecule has 0 spiro atoms. The number of carbonyl (C=O) groups excluding carboxylic acids is 1. The Kier molecular flexibility index (Phi) is 6.77. The monoisotopic (exact) mass is 354 g/mol. The molecule has 0 atom stereocenters. The first-order chi connectivity index (χ1) is 11.5. The highest BCUT2D eigenvalue weighted by molar-refractivity contribution is 7.89. The van der Waals surface area contributed by atoms with Gasteiger partial charge >= 0.3 is 0 Å². The molecule has 1 heterocycles. The number of sulfonamides is 1. The van der Waals surface area contributed by atoms with Crippen LogP contribution in [0.15, 0.2) is 23.1 Å². The van der Waals surface area contributed by atoms with Crippen molar-refractivity contribution in [1.29, 1.82) is 0 Å². The van der Waals surface area contributed by atoms with Gasteiger partial charge in [0.05, 0.1) is 4.90 Å². The number of carbonyl (C=O) groups is 1. The number of amides is 1. The predicted molar refractivity (Wildman–Crippen MR) is 92.6 cm³/mol. The SMILES string of the molecule is COCCCNC(=O)c1ccc(C)c(S(=O)(=O)N2CCCCC2)c1. The Balaban J connectivity index is 2.17. The number of aryl methyl sites for hydroxylation is 1. The second-order valence-electron chi connectivity index (χ2n) is 6.05. The standard InChI is InChI=1S/C17H26N2O4S/c1-14-7-8-15(17(20)18-9-6-12-23-2)13-16(14)24(21,22)19-10-4-3-5-11-19/h7-8,13H,3-6,9-12H2,1-2H3,(H,18,20). The van der Waals surface area contributed by atoms with E-state index in [1.807, 2.05) is 0 Å². The molecular weight excluding hydrogens is 328 g/mol. The summed E-state index contributed by atoms with van der Waals surface area (Å²) in [6.07, 6.45) is 3.55. The Labute approximate surface area is 144 Å². The largest absolute Gasteiger partial charge is 0.385 e. The summed E-state index contributed by atoms with van der Waals surface area (Å²) >= 11 is 0. The summed E-state index contributed by atoms with van der Waals surface area (Å²) < 4.78 is 32.2. The topological polar surface area (TPSA) is 75.7 Å². The fourth-order valence-corrected chi connectivity index (χ4v) is 4.55. The van der Waals surface area contributed by atoms with E-state index in [9.17, 15) is 13.2 Å². The van der Waals surface area contributed by atoms with Gasteiger partial charge in [0, 0.05) is 38.9 Å². The number of methoxy groups -OCH3 is 1. The first kappa shape index (κ1) is 18.9. The molecule has 2 rings (SSSR count). The van der Waals surface area contributed by atoms with Crippen LogP contribution in [0.3, 0.4) is 0 Å². The fraction of sp³-hybridized carbons (Fsp3) is 0.588. The number of piperidine rings is 1. The van der Waals surface area contributed by atoms with Crippen LogP contribution in [-0.2, 0) is 14.8 Å². The van der Waals surface area contributed by atoms with Crippen molar-refractivity contribution in [3.63, 3.8) is 0 Å². The summed E-state index contributed by atoms with van der Waals surface area (Å²) in [5.74, 6) is -0.263. The molecule has 0 aromatic heterocycles. The van der Waals surface area contributed by atoms with Crippen molar-refractivity contribution in [1.82, 2.24) is 9.62 Å². The second kappa shape index (κ2) is 8.60. The molecule has 134 valence electrons. The zero-order chi connectivity index (χ0) is 17.6. The second-order valence-corrected chi connectivity index (χ2v) is 7.95. The fourth-order valence-electron chi connectivity index (χ4n) is 2.78. The number of ether oxygens (including phenoxy) is 1. The van der Waals surface area contributed by atoms with Crippen LogP contribution in [0.25, 0.3) is 0 Å². The molecule has 7 heteroatoms. The van der Waals surface area contributed by atoms with Crippen LogP contribution in [0.2, 0.25) is 0 Å². The van der Waals surface area contributed by atoms with Gasteiger partial charge < -0.3 is 10.1 Å². The van der Waals surface area contributed by atoms with Crippen molar-refractivity contribution in [2.75, 3.05) is 33.4 Å². The minimum Gasteiger partial charge on any atom is -0.385 e. The lowest BCUT2D eigenvalue weighted by Gasteiger charge is -2.26. The molecule has 0 bridgehead atoms. The van der Waals surface area contributed by atoms with Gasteiger partial charge in [0.2, 0.25) is 10.0 Å². The van der Waals surface area contributed by atoms with E-state index in [4.69, 9.17) is 4.74 Å². The van der Waals surface area contributed by atoms with Gasteiger partial charge in [-0.25, -0.2) is 8.42 Å². The van der Waals surface area contributed by atoms with Crippen LogP contribution in [0.1, 0.15) is 41.6 Å². The lowest BCUT2D eigenvalue weighted by atomic mass is 10.1. The molecule has 1 fully saturated rings. The lowest BCUT2D eigenvalue weighted by Crippen LogP contribution is -2.36. The minimum absolute atomic E-state index is 0.231. The van der Waals surface area contributed by atoms with E-state index < -0.39 is 10.0 Å². The highest BCUT2D eigenvalue weighted by atomic mass is 32.2. The molecule has 24 heavy (non-hydrogen) atoms. The molecule has 1 aromatic rings.